The van der Waals surface area contributed by atoms with Gasteiger partial charge in [-0.3, -0.25) is 9.69 Å². The van der Waals surface area contributed by atoms with E-state index in [-0.39, 0.29) is 17.5 Å². The van der Waals surface area contributed by atoms with E-state index in [0.717, 1.165) is 24.3 Å². The first-order chi connectivity index (χ1) is 12.1. The number of nitrogens with zero attached hydrogens (tertiary/aromatic N) is 2. The molecule has 1 N–H and O–H groups in total. The Morgan fingerprint density at radius 3 is 2.80 bits per heavy atom. The molecule has 2 aromatic heterocycles. The highest BCUT2D eigenvalue weighted by Crippen LogP contribution is 2.30. The topological polar surface area (TPSA) is 50.8 Å². The van der Waals surface area contributed by atoms with Crippen molar-refractivity contribution in [1.82, 2.24) is 4.98 Å². The van der Waals surface area contributed by atoms with Crippen molar-refractivity contribution in [3.63, 3.8) is 0 Å². The molecule has 0 saturated carbocycles. The zero-order valence-corrected chi connectivity index (χ0v) is 15.1. The molecule has 3 rings (SSSR count). The van der Waals surface area contributed by atoms with Crippen LogP contribution in [0.2, 0.25) is 0 Å². The first-order valence-corrected chi connectivity index (χ1v) is 9.19. The third-order valence-electron chi connectivity index (χ3n) is 4.24. The number of fused-ring (bicyclic) bond motifs is 1. The number of anilines is 1. The van der Waals surface area contributed by atoms with Gasteiger partial charge in [0.15, 0.2) is 10.9 Å². The van der Waals surface area contributed by atoms with Crippen LogP contribution in [0.25, 0.3) is 10.2 Å². The maximum Gasteiger partial charge on any atom is 0.295 e. The van der Waals surface area contributed by atoms with E-state index in [0.29, 0.717) is 17.2 Å². The molecule has 25 heavy (non-hydrogen) atoms. The molecule has 0 saturated heterocycles. The van der Waals surface area contributed by atoms with Crippen molar-refractivity contribution in [2.75, 3.05) is 31.1 Å². The molecule has 132 valence electrons. The molecule has 0 radical (unpaired) electrons. The Bertz CT molecular complexity index is 843. The van der Waals surface area contributed by atoms with Gasteiger partial charge >= 0.3 is 0 Å². The Balaban J connectivity index is 1.92. The van der Waals surface area contributed by atoms with Crippen LogP contribution < -0.4 is 9.80 Å². The summed E-state index contributed by atoms with van der Waals surface area (Å²) < 4.78 is 19.4. The average Bonchev–Trinajstić information content (AvgIpc) is 3.27. The first-order valence-electron chi connectivity index (χ1n) is 8.37. The van der Waals surface area contributed by atoms with E-state index in [4.69, 9.17) is 4.42 Å². The van der Waals surface area contributed by atoms with E-state index in [1.807, 2.05) is 0 Å². The van der Waals surface area contributed by atoms with E-state index >= 15 is 0 Å². The van der Waals surface area contributed by atoms with E-state index < -0.39 is 0 Å². The van der Waals surface area contributed by atoms with Gasteiger partial charge in [0.25, 0.3) is 5.91 Å². The van der Waals surface area contributed by atoms with Gasteiger partial charge in [-0.2, -0.15) is 0 Å². The van der Waals surface area contributed by atoms with Gasteiger partial charge in [0, 0.05) is 0 Å². The summed E-state index contributed by atoms with van der Waals surface area (Å²) in [5.41, 5.74) is 0.689. The van der Waals surface area contributed by atoms with Gasteiger partial charge in [-0.1, -0.05) is 11.3 Å². The number of carbonyl (C=O) groups is 1. The number of hydrogen-bond acceptors (Lipinski definition) is 4. The maximum atomic E-state index is 13.5. The maximum absolute atomic E-state index is 13.5. The number of amides is 1. The number of likely N-dealkylation sites (N-methyl/N-ethyl adjacent to an activating group) is 1. The number of benzene rings is 1. The lowest BCUT2D eigenvalue weighted by Crippen LogP contribution is -3.12. The van der Waals surface area contributed by atoms with Gasteiger partial charge < -0.3 is 9.32 Å². The summed E-state index contributed by atoms with van der Waals surface area (Å²) in [4.78, 5) is 20.4. The zero-order chi connectivity index (χ0) is 17.8. The number of aromatic nitrogens is 1. The second-order valence-corrected chi connectivity index (χ2v) is 6.76. The summed E-state index contributed by atoms with van der Waals surface area (Å²) in [6.45, 7) is 7.56. The van der Waals surface area contributed by atoms with Crippen molar-refractivity contribution in [3.05, 3.63) is 48.2 Å². The number of halogens is 1. The highest BCUT2D eigenvalue weighted by Gasteiger charge is 2.24. The van der Waals surface area contributed by atoms with Crippen LogP contribution in [-0.4, -0.2) is 37.1 Å². The normalized spacial score (nSPS) is 11.4. The summed E-state index contributed by atoms with van der Waals surface area (Å²) in [5, 5.41) is 0.563. The van der Waals surface area contributed by atoms with Crippen molar-refractivity contribution in [2.24, 2.45) is 0 Å². The number of carbonyl (C=O) groups excluding carboxylic acids is 1. The monoisotopic (exact) mass is 362 g/mol. The number of quaternary nitrogens is 1. The lowest BCUT2D eigenvalue weighted by molar-refractivity contribution is -0.894. The van der Waals surface area contributed by atoms with Gasteiger partial charge in [0.05, 0.1) is 42.7 Å². The number of rotatable bonds is 7. The lowest BCUT2D eigenvalue weighted by Gasteiger charge is -2.22. The van der Waals surface area contributed by atoms with Crippen LogP contribution in [0.5, 0.6) is 0 Å². The van der Waals surface area contributed by atoms with Crippen LogP contribution in [0.1, 0.15) is 24.4 Å². The lowest BCUT2D eigenvalue weighted by atomic mass is 10.3. The molecular weight excluding hydrogens is 341 g/mol. The third kappa shape index (κ3) is 3.88. The van der Waals surface area contributed by atoms with Crippen molar-refractivity contribution in [1.29, 1.82) is 0 Å². The molecule has 3 aromatic rings. The fraction of sp³-hybridized carbons (Fsp3) is 0.333. The third-order valence-corrected chi connectivity index (χ3v) is 5.28. The van der Waals surface area contributed by atoms with E-state index in [1.54, 1.807) is 23.1 Å². The van der Waals surface area contributed by atoms with Gasteiger partial charge in [-0.15, -0.1) is 0 Å². The van der Waals surface area contributed by atoms with Crippen molar-refractivity contribution < 1.29 is 18.5 Å². The minimum Gasteiger partial charge on any atom is -0.459 e. The molecular formula is C18H21FN3O2S+. The second-order valence-electron chi connectivity index (χ2n) is 5.75. The Labute approximate surface area is 149 Å². The number of thiazole rings is 1. The number of furan rings is 1. The Morgan fingerprint density at radius 2 is 2.12 bits per heavy atom. The molecule has 7 heteroatoms. The van der Waals surface area contributed by atoms with E-state index in [2.05, 4.69) is 18.8 Å². The van der Waals surface area contributed by atoms with Gasteiger partial charge in [0.1, 0.15) is 5.82 Å². The standard InChI is InChI=1S/C18H20FN3O2S/c1-3-21(4-2)9-10-22(17(23)15-6-5-11-24-15)18-20-14-8-7-13(19)12-16(14)25-18/h5-8,11-12H,3-4,9-10H2,1-2H3/p+1. The van der Waals surface area contributed by atoms with Gasteiger partial charge in [-0.05, 0) is 44.2 Å². The molecule has 0 atom stereocenters. The minimum atomic E-state index is -0.306. The van der Waals surface area contributed by atoms with Crippen LogP contribution in [0, 0.1) is 5.82 Å². The van der Waals surface area contributed by atoms with E-state index in [1.165, 1.54) is 34.6 Å². The Hall–Kier alpha value is -2.25. The fourth-order valence-electron chi connectivity index (χ4n) is 2.69. The Kier molecular flexibility index (Phi) is 5.45. The van der Waals surface area contributed by atoms with E-state index in [9.17, 15) is 9.18 Å². The quantitative estimate of drug-likeness (QED) is 0.703. The summed E-state index contributed by atoms with van der Waals surface area (Å²) in [6, 6.07) is 7.80. The Morgan fingerprint density at radius 1 is 1.32 bits per heavy atom. The molecule has 0 aliphatic carbocycles. The zero-order valence-electron chi connectivity index (χ0n) is 14.3. The molecule has 2 heterocycles. The minimum absolute atomic E-state index is 0.226. The number of hydrogen-bond donors (Lipinski definition) is 1. The van der Waals surface area contributed by atoms with Crippen LogP contribution in [0.15, 0.2) is 41.0 Å². The van der Waals surface area contributed by atoms with Crippen molar-refractivity contribution in [3.8, 4) is 0 Å². The van der Waals surface area contributed by atoms with Gasteiger partial charge in [0.2, 0.25) is 0 Å². The fourth-order valence-corrected chi connectivity index (χ4v) is 3.71. The average molecular weight is 362 g/mol. The van der Waals surface area contributed by atoms with Crippen LogP contribution in [-0.2, 0) is 0 Å². The van der Waals surface area contributed by atoms with Crippen LogP contribution in [0.3, 0.4) is 0 Å². The van der Waals surface area contributed by atoms with Gasteiger partial charge in [-0.25, -0.2) is 9.37 Å². The molecule has 1 aromatic carbocycles. The van der Waals surface area contributed by atoms with Crippen LogP contribution >= 0.6 is 11.3 Å². The molecule has 0 spiro atoms. The molecule has 0 fully saturated rings. The predicted octanol–water partition coefficient (Wildman–Crippen LogP) is 2.60. The second kappa shape index (κ2) is 7.76. The predicted molar refractivity (Wildman–Crippen MR) is 96.9 cm³/mol. The summed E-state index contributed by atoms with van der Waals surface area (Å²) in [7, 11) is 0. The molecule has 0 aliphatic rings. The van der Waals surface area contributed by atoms with Crippen LogP contribution in [0.4, 0.5) is 9.52 Å². The highest BCUT2D eigenvalue weighted by atomic mass is 32.1. The molecule has 0 bridgehead atoms. The molecule has 1 amide bonds. The SMILES string of the molecule is CC[NH+](CC)CCN(C(=O)c1ccco1)c1nc2ccc(F)cc2s1. The van der Waals surface area contributed by atoms with Crippen molar-refractivity contribution >= 4 is 32.6 Å². The highest BCUT2D eigenvalue weighted by molar-refractivity contribution is 7.22. The summed E-state index contributed by atoms with van der Waals surface area (Å²) in [6.07, 6.45) is 1.48. The molecule has 5 nitrogen and oxygen atoms in total. The number of nitrogens with one attached hydrogen (secondary N) is 1. The summed E-state index contributed by atoms with van der Waals surface area (Å²) in [5.74, 6) is -0.254. The smallest absolute Gasteiger partial charge is 0.295 e. The first kappa shape index (κ1) is 17.6. The molecule has 0 aliphatic heterocycles. The largest absolute Gasteiger partial charge is 0.459 e. The van der Waals surface area contributed by atoms with Crippen molar-refractivity contribution in [2.45, 2.75) is 13.8 Å². The molecule has 0 unspecified atom stereocenters. The summed E-state index contributed by atoms with van der Waals surface area (Å²) >= 11 is 1.32.